The van der Waals surface area contributed by atoms with Gasteiger partial charge in [-0.05, 0) is 25.2 Å². The van der Waals surface area contributed by atoms with Crippen LogP contribution in [0.15, 0.2) is 0 Å². The van der Waals surface area contributed by atoms with Crippen LogP contribution in [0.4, 0.5) is 11.5 Å². The first-order chi connectivity index (χ1) is 8.72. The van der Waals surface area contributed by atoms with E-state index in [-0.39, 0.29) is 10.6 Å². The summed E-state index contributed by atoms with van der Waals surface area (Å²) in [6, 6.07) is 0. The quantitative estimate of drug-likeness (QED) is 0.488. The Balaban J connectivity index is 2.52. The maximum absolute atomic E-state index is 11.0. The highest BCUT2D eigenvalue weighted by Gasteiger charge is 2.23. The second-order valence-corrected chi connectivity index (χ2v) is 6.11. The van der Waals surface area contributed by atoms with Crippen molar-refractivity contribution >= 4 is 11.5 Å². The van der Waals surface area contributed by atoms with Crippen LogP contribution in [0.2, 0.25) is 0 Å². The molecule has 1 heterocycles. The molecule has 6 heteroatoms. The minimum absolute atomic E-state index is 0.0818. The highest BCUT2D eigenvalue weighted by Crippen LogP contribution is 2.27. The smallest absolute Gasteiger partial charge is 0.333 e. The SMILES string of the molecule is Cc1nn(C)c(NCCCCC(C)(C)C)c1[N+](=O)[O-]. The highest BCUT2D eigenvalue weighted by atomic mass is 16.6. The molecule has 1 aromatic heterocycles. The van der Waals surface area contributed by atoms with Crippen LogP contribution in [0.1, 0.15) is 45.7 Å². The van der Waals surface area contributed by atoms with Crippen LogP contribution >= 0.6 is 0 Å². The van der Waals surface area contributed by atoms with Gasteiger partial charge >= 0.3 is 5.69 Å². The summed E-state index contributed by atoms with van der Waals surface area (Å²) in [4.78, 5) is 10.6. The second-order valence-electron chi connectivity index (χ2n) is 6.11. The lowest BCUT2D eigenvalue weighted by Gasteiger charge is -2.17. The fourth-order valence-corrected chi connectivity index (χ4v) is 2.05. The summed E-state index contributed by atoms with van der Waals surface area (Å²) in [5.74, 6) is 0.498. The van der Waals surface area contributed by atoms with Gasteiger partial charge in [-0.2, -0.15) is 5.10 Å². The van der Waals surface area contributed by atoms with E-state index in [0.29, 0.717) is 16.9 Å². The summed E-state index contributed by atoms with van der Waals surface area (Å²) in [5.41, 5.74) is 0.873. The van der Waals surface area contributed by atoms with Crippen LogP contribution in [0, 0.1) is 22.5 Å². The molecule has 0 amide bonds. The van der Waals surface area contributed by atoms with E-state index in [4.69, 9.17) is 0 Å². The summed E-state index contributed by atoms with van der Waals surface area (Å²) in [7, 11) is 1.72. The molecule has 0 aliphatic rings. The Morgan fingerprint density at radius 3 is 2.53 bits per heavy atom. The summed E-state index contributed by atoms with van der Waals surface area (Å²) in [6.45, 7) is 9.04. The van der Waals surface area contributed by atoms with Crippen LogP contribution < -0.4 is 5.32 Å². The molecule has 1 aromatic rings. The number of hydrogen-bond acceptors (Lipinski definition) is 4. The fraction of sp³-hybridized carbons (Fsp3) is 0.769. The lowest BCUT2D eigenvalue weighted by atomic mass is 9.90. The molecule has 0 unspecified atom stereocenters. The zero-order chi connectivity index (χ0) is 14.6. The van der Waals surface area contributed by atoms with Crippen LogP contribution in [0.5, 0.6) is 0 Å². The van der Waals surface area contributed by atoms with E-state index in [0.717, 1.165) is 25.8 Å². The van der Waals surface area contributed by atoms with E-state index in [2.05, 4.69) is 31.2 Å². The summed E-state index contributed by atoms with van der Waals surface area (Å²) >= 11 is 0. The third-order valence-electron chi connectivity index (χ3n) is 3.02. The number of aromatic nitrogens is 2. The topological polar surface area (TPSA) is 73.0 Å². The molecule has 1 N–H and O–H groups in total. The summed E-state index contributed by atoms with van der Waals surface area (Å²) in [6.07, 6.45) is 3.26. The molecule has 0 fully saturated rings. The molecule has 0 bridgehead atoms. The van der Waals surface area contributed by atoms with Gasteiger partial charge in [-0.1, -0.05) is 27.2 Å². The van der Waals surface area contributed by atoms with Crippen LogP contribution in [-0.4, -0.2) is 21.2 Å². The Hall–Kier alpha value is -1.59. The van der Waals surface area contributed by atoms with Crippen molar-refractivity contribution in [3.8, 4) is 0 Å². The third-order valence-corrected chi connectivity index (χ3v) is 3.02. The Bertz CT molecular complexity index is 446. The first kappa shape index (κ1) is 15.5. The lowest BCUT2D eigenvalue weighted by Crippen LogP contribution is -2.10. The first-order valence-corrected chi connectivity index (χ1v) is 6.64. The molecule has 108 valence electrons. The van der Waals surface area contributed by atoms with Crippen molar-refractivity contribution in [2.45, 2.75) is 47.0 Å². The molecule has 1 rings (SSSR count). The Kier molecular flexibility index (Phi) is 4.91. The minimum Gasteiger partial charge on any atom is -0.365 e. The predicted octanol–water partition coefficient (Wildman–Crippen LogP) is 3.27. The number of nitrogens with zero attached hydrogens (tertiary/aromatic N) is 3. The number of nitrogens with one attached hydrogen (secondary N) is 1. The van der Waals surface area contributed by atoms with E-state index in [1.54, 1.807) is 14.0 Å². The Labute approximate surface area is 114 Å². The average Bonchev–Trinajstić information content (AvgIpc) is 2.51. The van der Waals surface area contributed by atoms with E-state index in [1.807, 2.05) is 0 Å². The predicted molar refractivity (Wildman–Crippen MR) is 76.4 cm³/mol. The van der Waals surface area contributed by atoms with Crippen molar-refractivity contribution in [2.24, 2.45) is 12.5 Å². The fourth-order valence-electron chi connectivity index (χ4n) is 2.05. The Morgan fingerprint density at radius 1 is 1.37 bits per heavy atom. The second kappa shape index (κ2) is 6.04. The van der Waals surface area contributed by atoms with Crippen molar-refractivity contribution in [2.75, 3.05) is 11.9 Å². The van der Waals surface area contributed by atoms with Crippen molar-refractivity contribution in [3.05, 3.63) is 15.8 Å². The maximum atomic E-state index is 11.0. The van der Waals surface area contributed by atoms with Gasteiger partial charge in [-0.3, -0.25) is 10.1 Å². The van der Waals surface area contributed by atoms with Gasteiger partial charge < -0.3 is 5.32 Å². The summed E-state index contributed by atoms with van der Waals surface area (Å²) in [5, 5.41) is 18.2. The van der Waals surface area contributed by atoms with Crippen molar-refractivity contribution < 1.29 is 4.92 Å². The zero-order valence-corrected chi connectivity index (χ0v) is 12.5. The molecule has 0 radical (unpaired) electrons. The minimum atomic E-state index is -0.375. The standard InChI is InChI=1S/C13H24N4O2/c1-10-11(17(18)19)12(16(5)15-10)14-9-7-6-8-13(2,3)4/h14H,6-9H2,1-5H3. The average molecular weight is 268 g/mol. The molecule has 19 heavy (non-hydrogen) atoms. The van der Waals surface area contributed by atoms with Crippen molar-refractivity contribution in [3.63, 3.8) is 0 Å². The monoisotopic (exact) mass is 268 g/mol. The molecule has 0 aliphatic carbocycles. The molecular formula is C13H24N4O2. The highest BCUT2D eigenvalue weighted by molar-refractivity contribution is 5.59. The van der Waals surface area contributed by atoms with Gasteiger partial charge in [0.2, 0.25) is 5.82 Å². The molecular weight excluding hydrogens is 244 g/mol. The molecule has 0 aliphatic heterocycles. The first-order valence-electron chi connectivity index (χ1n) is 6.64. The van der Waals surface area contributed by atoms with E-state index < -0.39 is 0 Å². The van der Waals surface area contributed by atoms with Gasteiger partial charge in [0.05, 0.1) is 4.92 Å². The van der Waals surface area contributed by atoms with E-state index in [9.17, 15) is 10.1 Å². The molecule has 0 saturated heterocycles. The van der Waals surface area contributed by atoms with Crippen LogP contribution in [0.25, 0.3) is 0 Å². The molecule has 0 saturated carbocycles. The van der Waals surface area contributed by atoms with Gasteiger partial charge in [0.1, 0.15) is 5.69 Å². The normalized spacial score (nSPS) is 11.6. The van der Waals surface area contributed by atoms with E-state index >= 15 is 0 Å². The van der Waals surface area contributed by atoms with Gasteiger partial charge in [-0.25, -0.2) is 4.68 Å². The number of hydrogen-bond donors (Lipinski definition) is 1. The molecule has 6 nitrogen and oxygen atoms in total. The van der Waals surface area contributed by atoms with Gasteiger partial charge in [0.25, 0.3) is 0 Å². The number of nitro groups is 1. The summed E-state index contributed by atoms with van der Waals surface area (Å²) < 4.78 is 1.54. The molecule has 0 spiro atoms. The van der Waals surface area contributed by atoms with Gasteiger partial charge in [-0.15, -0.1) is 0 Å². The van der Waals surface area contributed by atoms with Gasteiger partial charge in [0, 0.05) is 13.6 Å². The number of rotatable bonds is 6. The molecule has 0 atom stereocenters. The molecule has 0 aromatic carbocycles. The van der Waals surface area contributed by atoms with Crippen molar-refractivity contribution in [1.29, 1.82) is 0 Å². The number of unbranched alkanes of at least 4 members (excludes halogenated alkanes) is 1. The van der Waals surface area contributed by atoms with Gasteiger partial charge in [0.15, 0.2) is 0 Å². The number of anilines is 1. The van der Waals surface area contributed by atoms with Crippen LogP contribution in [-0.2, 0) is 7.05 Å². The van der Waals surface area contributed by atoms with Crippen LogP contribution in [0.3, 0.4) is 0 Å². The zero-order valence-electron chi connectivity index (χ0n) is 12.5. The largest absolute Gasteiger partial charge is 0.365 e. The van der Waals surface area contributed by atoms with Crippen molar-refractivity contribution in [1.82, 2.24) is 9.78 Å². The number of aryl methyl sites for hydroxylation is 2. The third kappa shape index (κ3) is 4.54. The Morgan fingerprint density at radius 2 is 2.00 bits per heavy atom. The maximum Gasteiger partial charge on any atom is 0.333 e. The lowest BCUT2D eigenvalue weighted by molar-refractivity contribution is -0.384. The van der Waals surface area contributed by atoms with E-state index in [1.165, 1.54) is 4.68 Å².